The van der Waals surface area contributed by atoms with E-state index in [2.05, 4.69) is 0 Å². The maximum Gasteiger partial charge on any atom is 0.389 e. The molecule has 0 aromatic carbocycles. The molecule has 0 bridgehead atoms. The van der Waals surface area contributed by atoms with Gasteiger partial charge in [-0.1, -0.05) is 12.8 Å². The lowest BCUT2D eigenvalue weighted by molar-refractivity contribution is -0.137. The van der Waals surface area contributed by atoms with Gasteiger partial charge in [0.05, 0.1) is 0 Å². The first-order valence-corrected chi connectivity index (χ1v) is 5.08. The predicted molar refractivity (Wildman–Crippen MR) is 46.9 cm³/mol. The van der Waals surface area contributed by atoms with Crippen molar-refractivity contribution >= 4 is 5.78 Å². The van der Waals surface area contributed by atoms with Crippen LogP contribution in [0.2, 0.25) is 0 Å². The lowest BCUT2D eigenvalue weighted by Gasteiger charge is -2.08. The lowest BCUT2D eigenvalue weighted by atomic mass is 9.98. The molecule has 0 N–H and O–H groups in total. The second kappa shape index (κ2) is 4.80. The predicted octanol–water partition coefficient (Wildman–Crippen LogP) is 3.48. The Balaban J connectivity index is 2.15. The van der Waals surface area contributed by atoms with Crippen LogP contribution in [-0.2, 0) is 4.79 Å². The summed E-state index contributed by atoms with van der Waals surface area (Å²) in [5.41, 5.74) is 0. The molecule has 0 amide bonds. The maximum atomic E-state index is 11.8. The molecule has 0 saturated heterocycles. The van der Waals surface area contributed by atoms with Gasteiger partial charge in [-0.05, 0) is 19.3 Å². The molecule has 0 spiro atoms. The van der Waals surface area contributed by atoms with Crippen LogP contribution < -0.4 is 0 Å². The van der Waals surface area contributed by atoms with Crippen LogP contribution in [0.3, 0.4) is 0 Å². The van der Waals surface area contributed by atoms with E-state index in [-0.39, 0.29) is 24.5 Å². The Morgan fingerprint density at radius 2 is 1.79 bits per heavy atom. The van der Waals surface area contributed by atoms with Crippen molar-refractivity contribution in [2.75, 3.05) is 0 Å². The van der Waals surface area contributed by atoms with Crippen molar-refractivity contribution < 1.29 is 18.0 Å². The van der Waals surface area contributed by atoms with Gasteiger partial charge in [-0.3, -0.25) is 4.79 Å². The van der Waals surface area contributed by atoms with Gasteiger partial charge in [-0.15, -0.1) is 0 Å². The zero-order valence-corrected chi connectivity index (χ0v) is 8.07. The van der Waals surface area contributed by atoms with E-state index in [1.807, 2.05) is 0 Å². The summed E-state index contributed by atoms with van der Waals surface area (Å²) in [4.78, 5) is 11.4. The number of hydrogen-bond donors (Lipinski definition) is 0. The first-order chi connectivity index (χ1) is 6.49. The molecule has 1 fully saturated rings. The van der Waals surface area contributed by atoms with Crippen LogP contribution in [0.25, 0.3) is 0 Å². The summed E-state index contributed by atoms with van der Waals surface area (Å²) < 4.78 is 35.3. The van der Waals surface area contributed by atoms with Crippen molar-refractivity contribution in [3.8, 4) is 0 Å². The molecular weight excluding hydrogens is 193 g/mol. The number of halogens is 3. The van der Waals surface area contributed by atoms with Crippen molar-refractivity contribution in [1.29, 1.82) is 0 Å². The van der Waals surface area contributed by atoms with E-state index in [1.54, 1.807) is 0 Å². The summed E-state index contributed by atoms with van der Waals surface area (Å²) >= 11 is 0. The van der Waals surface area contributed by atoms with E-state index >= 15 is 0 Å². The molecule has 0 atom stereocenters. The molecule has 0 aromatic rings. The number of hydrogen-bond acceptors (Lipinski definition) is 1. The van der Waals surface area contributed by atoms with Gasteiger partial charge >= 0.3 is 6.18 Å². The summed E-state index contributed by atoms with van der Waals surface area (Å²) in [5.74, 6) is 0.0926. The van der Waals surface area contributed by atoms with E-state index in [4.69, 9.17) is 0 Å². The Kier molecular flexibility index (Phi) is 3.96. The molecule has 1 aliphatic carbocycles. The smallest absolute Gasteiger partial charge is 0.299 e. The summed E-state index contributed by atoms with van der Waals surface area (Å²) in [7, 11) is 0. The number of carbonyl (C=O) groups excluding carboxylic acids is 1. The fraction of sp³-hybridized carbons (Fsp3) is 0.900. The largest absolute Gasteiger partial charge is 0.389 e. The van der Waals surface area contributed by atoms with Gasteiger partial charge in [0.15, 0.2) is 0 Å². The molecule has 1 nitrogen and oxygen atoms in total. The van der Waals surface area contributed by atoms with E-state index in [1.165, 1.54) is 0 Å². The molecular formula is C10H15F3O. The Labute approximate surface area is 81.7 Å². The molecule has 0 aliphatic heterocycles. The number of rotatable bonds is 4. The van der Waals surface area contributed by atoms with Crippen LogP contribution in [0.1, 0.15) is 44.9 Å². The topological polar surface area (TPSA) is 17.1 Å². The van der Waals surface area contributed by atoms with Crippen LogP contribution in [0.15, 0.2) is 0 Å². The van der Waals surface area contributed by atoms with E-state index in [0.29, 0.717) is 0 Å². The number of carbonyl (C=O) groups is 1. The summed E-state index contributed by atoms with van der Waals surface area (Å²) in [6.07, 6.45) is -1.02. The Hall–Kier alpha value is -0.540. The van der Waals surface area contributed by atoms with Crippen LogP contribution in [-0.4, -0.2) is 12.0 Å². The van der Waals surface area contributed by atoms with Crippen LogP contribution in [0, 0.1) is 5.92 Å². The van der Waals surface area contributed by atoms with E-state index in [0.717, 1.165) is 25.7 Å². The van der Waals surface area contributed by atoms with Crippen LogP contribution >= 0.6 is 0 Å². The average Bonchev–Trinajstić information content (AvgIpc) is 2.53. The minimum absolute atomic E-state index is 0.0340. The van der Waals surface area contributed by atoms with Gasteiger partial charge in [0.25, 0.3) is 0 Å². The van der Waals surface area contributed by atoms with E-state index < -0.39 is 12.6 Å². The Morgan fingerprint density at radius 3 is 2.29 bits per heavy atom. The monoisotopic (exact) mass is 208 g/mol. The molecule has 1 rings (SSSR count). The van der Waals surface area contributed by atoms with Gasteiger partial charge in [0, 0.05) is 18.8 Å². The van der Waals surface area contributed by atoms with E-state index in [9.17, 15) is 18.0 Å². The standard InChI is InChI=1S/C10H15F3O/c11-10(12,13)7-3-6-9(14)8-4-1-2-5-8/h8H,1-7H2. The highest BCUT2D eigenvalue weighted by atomic mass is 19.4. The number of alkyl halides is 3. The average molecular weight is 208 g/mol. The molecule has 0 heterocycles. The highest BCUT2D eigenvalue weighted by Crippen LogP contribution is 2.28. The molecule has 1 aliphatic rings. The second-order valence-electron chi connectivity index (χ2n) is 3.92. The minimum atomic E-state index is -4.12. The lowest BCUT2D eigenvalue weighted by Crippen LogP contribution is -2.13. The third-order valence-corrected chi connectivity index (χ3v) is 2.69. The molecule has 0 radical (unpaired) electrons. The van der Waals surface area contributed by atoms with Gasteiger partial charge < -0.3 is 0 Å². The first kappa shape index (κ1) is 11.5. The summed E-state index contributed by atoms with van der Waals surface area (Å²) in [6, 6.07) is 0. The highest BCUT2D eigenvalue weighted by molar-refractivity contribution is 5.81. The van der Waals surface area contributed by atoms with Crippen LogP contribution in [0.4, 0.5) is 13.2 Å². The zero-order valence-electron chi connectivity index (χ0n) is 8.07. The first-order valence-electron chi connectivity index (χ1n) is 5.08. The molecule has 14 heavy (non-hydrogen) atoms. The SMILES string of the molecule is O=C(CCCC(F)(F)F)C1CCCC1. The zero-order chi connectivity index (χ0) is 10.6. The van der Waals surface area contributed by atoms with Crippen molar-refractivity contribution in [3.05, 3.63) is 0 Å². The molecule has 82 valence electrons. The summed E-state index contributed by atoms with van der Waals surface area (Å²) in [6.45, 7) is 0. The quantitative estimate of drug-likeness (QED) is 0.691. The Bertz CT molecular complexity index is 192. The minimum Gasteiger partial charge on any atom is -0.299 e. The van der Waals surface area contributed by atoms with Gasteiger partial charge in [0.1, 0.15) is 5.78 Å². The third kappa shape index (κ3) is 4.11. The van der Waals surface area contributed by atoms with Crippen LogP contribution in [0.5, 0.6) is 0 Å². The summed E-state index contributed by atoms with van der Waals surface area (Å²) in [5, 5.41) is 0. The van der Waals surface area contributed by atoms with Crippen molar-refractivity contribution in [2.45, 2.75) is 51.1 Å². The number of ketones is 1. The van der Waals surface area contributed by atoms with Gasteiger partial charge in [-0.25, -0.2) is 0 Å². The van der Waals surface area contributed by atoms with Gasteiger partial charge in [0.2, 0.25) is 0 Å². The second-order valence-corrected chi connectivity index (χ2v) is 3.92. The molecule has 4 heteroatoms. The normalized spacial score (nSPS) is 18.8. The fourth-order valence-corrected chi connectivity index (χ4v) is 1.91. The maximum absolute atomic E-state index is 11.8. The molecule has 1 saturated carbocycles. The molecule has 0 aromatic heterocycles. The van der Waals surface area contributed by atoms with Gasteiger partial charge in [-0.2, -0.15) is 13.2 Å². The van der Waals surface area contributed by atoms with Crippen molar-refractivity contribution in [2.24, 2.45) is 5.92 Å². The highest BCUT2D eigenvalue weighted by Gasteiger charge is 2.28. The van der Waals surface area contributed by atoms with Crippen molar-refractivity contribution in [1.82, 2.24) is 0 Å². The molecule has 0 unspecified atom stereocenters. The fourth-order valence-electron chi connectivity index (χ4n) is 1.91. The van der Waals surface area contributed by atoms with Crippen molar-refractivity contribution in [3.63, 3.8) is 0 Å². The third-order valence-electron chi connectivity index (χ3n) is 2.69. The Morgan fingerprint density at radius 1 is 1.21 bits per heavy atom. The number of Topliss-reactive ketones (excluding diaryl/α,β-unsaturated/α-hetero) is 1.